The normalized spacial score (nSPS) is 10.4. The van der Waals surface area contributed by atoms with Gasteiger partial charge >= 0.3 is 0 Å². The average molecular weight is 352 g/mol. The number of carbonyl (C=O) groups is 1. The van der Waals surface area contributed by atoms with Gasteiger partial charge in [-0.25, -0.2) is 4.39 Å². The molecule has 0 bridgehead atoms. The Kier molecular flexibility index (Phi) is 5.47. The standard InChI is InChI=1S/C16H15BrFNO2/c17-15-13(7-2-8-14(15)18)16(21)19-12-6-1-4-11(10-12)5-3-9-20/h1-2,4,6-8,10,20H,3,5,9H2,(H,19,21). The van der Waals surface area contributed by atoms with E-state index in [4.69, 9.17) is 5.11 Å². The molecule has 0 saturated carbocycles. The second kappa shape index (κ2) is 7.33. The van der Waals surface area contributed by atoms with Crippen molar-refractivity contribution in [3.8, 4) is 0 Å². The lowest BCUT2D eigenvalue weighted by Crippen LogP contribution is -2.13. The molecule has 0 saturated heterocycles. The minimum absolute atomic E-state index is 0.132. The first-order valence-corrected chi connectivity index (χ1v) is 7.36. The molecule has 110 valence electrons. The van der Waals surface area contributed by atoms with E-state index in [0.29, 0.717) is 12.1 Å². The fraction of sp³-hybridized carbons (Fsp3) is 0.188. The van der Waals surface area contributed by atoms with Crippen LogP contribution < -0.4 is 5.32 Å². The summed E-state index contributed by atoms with van der Waals surface area (Å²) in [4.78, 5) is 12.2. The van der Waals surface area contributed by atoms with Crippen molar-refractivity contribution in [1.82, 2.24) is 0 Å². The van der Waals surface area contributed by atoms with Gasteiger partial charge in [0.05, 0.1) is 10.0 Å². The number of aliphatic hydroxyl groups excluding tert-OH is 1. The van der Waals surface area contributed by atoms with Crippen LogP contribution in [0.5, 0.6) is 0 Å². The van der Waals surface area contributed by atoms with E-state index in [9.17, 15) is 9.18 Å². The highest BCUT2D eigenvalue weighted by Crippen LogP contribution is 2.22. The maximum atomic E-state index is 13.4. The number of hydrogen-bond donors (Lipinski definition) is 2. The summed E-state index contributed by atoms with van der Waals surface area (Å²) < 4.78 is 13.6. The van der Waals surface area contributed by atoms with Crippen LogP contribution in [0.15, 0.2) is 46.9 Å². The molecule has 3 nitrogen and oxygen atoms in total. The lowest BCUT2D eigenvalue weighted by Gasteiger charge is -2.09. The SMILES string of the molecule is O=C(Nc1cccc(CCCO)c1)c1cccc(F)c1Br. The molecule has 1 amide bonds. The van der Waals surface area contributed by atoms with Crippen LogP contribution in [-0.2, 0) is 6.42 Å². The van der Waals surface area contributed by atoms with Crippen molar-refractivity contribution < 1.29 is 14.3 Å². The van der Waals surface area contributed by atoms with Crippen LogP contribution in [0, 0.1) is 5.82 Å². The molecule has 0 fully saturated rings. The number of anilines is 1. The number of hydrogen-bond acceptors (Lipinski definition) is 2. The van der Waals surface area contributed by atoms with Gasteiger partial charge in [-0.2, -0.15) is 0 Å². The molecule has 2 N–H and O–H groups in total. The van der Waals surface area contributed by atoms with Crippen LogP contribution in [-0.4, -0.2) is 17.6 Å². The van der Waals surface area contributed by atoms with E-state index in [2.05, 4.69) is 21.2 Å². The predicted octanol–water partition coefficient (Wildman–Crippen LogP) is 3.77. The topological polar surface area (TPSA) is 49.3 Å². The van der Waals surface area contributed by atoms with Crippen molar-refractivity contribution in [1.29, 1.82) is 0 Å². The molecule has 0 aliphatic rings. The Morgan fingerprint density at radius 1 is 1.24 bits per heavy atom. The van der Waals surface area contributed by atoms with Crippen LogP contribution in [0.25, 0.3) is 0 Å². The molecule has 2 rings (SSSR count). The Labute approximate surface area is 130 Å². The minimum Gasteiger partial charge on any atom is -0.396 e. The third-order valence-electron chi connectivity index (χ3n) is 3.00. The van der Waals surface area contributed by atoms with E-state index in [-0.39, 0.29) is 22.6 Å². The second-order valence-electron chi connectivity index (χ2n) is 4.58. The summed E-state index contributed by atoms with van der Waals surface area (Å²) in [5.74, 6) is -0.847. The van der Waals surface area contributed by atoms with Gasteiger partial charge in [-0.05, 0) is 58.6 Å². The van der Waals surface area contributed by atoms with Gasteiger partial charge in [0, 0.05) is 12.3 Å². The molecule has 2 aromatic carbocycles. The van der Waals surface area contributed by atoms with Gasteiger partial charge < -0.3 is 10.4 Å². The Balaban J connectivity index is 2.14. The Morgan fingerprint density at radius 2 is 2.00 bits per heavy atom. The molecule has 0 radical (unpaired) electrons. The van der Waals surface area contributed by atoms with E-state index in [1.807, 2.05) is 18.2 Å². The molecule has 0 unspecified atom stereocenters. The summed E-state index contributed by atoms with van der Waals surface area (Å²) in [7, 11) is 0. The number of amides is 1. The molecule has 21 heavy (non-hydrogen) atoms. The quantitative estimate of drug-likeness (QED) is 0.861. The molecular weight excluding hydrogens is 337 g/mol. The number of benzene rings is 2. The van der Waals surface area contributed by atoms with Gasteiger partial charge in [0.25, 0.3) is 5.91 Å². The van der Waals surface area contributed by atoms with E-state index < -0.39 is 5.82 Å². The number of nitrogens with one attached hydrogen (secondary N) is 1. The van der Waals surface area contributed by atoms with Crippen LogP contribution in [0.4, 0.5) is 10.1 Å². The third kappa shape index (κ3) is 4.12. The zero-order chi connectivity index (χ0) is 15.2. The van der Waals surface area contributed by atoms with Crippen LogP contribution in [0.3, 0.4) is 0 Å². The molecule has 0 spiro atoms. The Hall–Kier alpha value is -1.72. The van der Waals surface area contributed by atoms with Gasteiger partial charge in [-0.15, -0.1) is 0 Å². The van der Waals surface area contributed by atoms with Crippen LogP contribution in [0.1, 0.15) is 22.3 Å². The summed E-state index contributed by atoms with van der Waals surface area (Å²) in [5, 5.41) is 11.6. The van der Waals surface area contributed by atoms with Crippen molar-refractivity contribution in [3.63, 3.8) is 0 Å². The summed E-state index contributed by atoms with van der Waals surface area (Å²) >= 11 is 3.08. The predicted molar refractivity (Wildman–Crippen MR) is 83.9 cm³/mol. The van der Waals surface area contributed by atoms with Crippen molar-refractivity contribution in [2.45, 2.75) is 12.8 Å². The third-order valence-corrected chi connectivity index (χ3v) is 3.81. The van der Waals surface area contributed by atoms with Gasteiger partial charge in [0.2, 0.25) is 0 Å². The first kappa shape index (κ1) is 15.7. The van der Waals surface area contributed by atoms with E-state index in [1.165, 1.54) is 12.1 Å². The number of rotatable bonds is 5. The van der Waals surface area contributed by atoms with Crippen LogP contribution >= 0.6 is 15.9 Å². The fourth-order valence-corrected chi connectivity index (χ4v) is 2.41. The number of aryl methyl sites for hydroxylation is 1. The Bertz CT molecular complexity index is 646. The van der Waals surface area contributed by atoms with Gasteiger partial charge in [0.1, 0.15) is 5.82 Å². The molecule has 0 atom stereocenters. The average Bonchev–Trinajstić information content (AvgIpc) is 2.48. The number of halogens is 2. The largest absolute Gasteiger partial charge is 0.396 e. The van der Waals surface area contributed by atoms with Gasteiger partial charge in [-0.1, -0.05) is 18.2 Å². The second-order valence-corrected chi connectivity index (χ2v) is 5.38. The van der Waals surface area contributed by atoms with Gasteiger partial charge in [-0.3, -0.25) is 4.79 Å². The zero-order valence-corrected chi connectivity index (χ0v) is 12.9. The monoisotopic (exact) mass is 351 g/mol. The molecule has 0 aliphatic heterocycles. The molecule has 0 heterocycles. The maximum absolute atomic E-state index is 13.4. The van der Waals surface area contributed by atoms with Gasteiger partial charge in [0.15, 0.2) is 0 Å². The number of carbonyl (C=O) groups excluding carboxylic acids is 1. The highest BCUT2D eigenvalue weighted by atomic mass is 79.9. The lowest BCUT2D eigenvalue weighted by molar-refractivity contribution is 0.102. The van der Waals surface area contributed by atoms with Crippen LogP contribution in [0.2, 0.25) is 0 Å². The summed E-state index contributed by atoms with van der Waals surface area (Å²) in [6, 6.07) is 11.7. The minimum atomic E-state index is -0.473. The number of aliphatic hydroxyl groups is 1. The van der Waals surface area contributed by atoms with E-state index in [0.717, 1.165) is 12.0 Å². The van der Waals surface area contributed by atoms with Crippen molar-refractivity contribution in [2.75, 3.05) is 11.9 Å². The maximum Gasteiger partial charge on any atom is 0.256 e. The zero-order valence-electron chi connectivity index (χ0n) is 11.3. The lowest BCUT2D eigenvalue weighted by atomic mass is 10.1. The molecular formula is C16H15BrFNO2. The molecule has 2 aromatic rings. The Morgan fingerprint density at radius 3 is 2.76 bits per heavy atom. The first-order valence-electron chi connectivity index (χ1n) is 6.57. The summed E-state index contributed by atoms with van der Waals surface area (Å²) in [5.41, 5.74) is 1.92. The summed E-state index contributed by atoms with van der Waals surface area (Å²) in [6.07, 6.45) is 1.41. The highest BCUT2D eigenvalue weighted by Gasteiger charge is 2.13. The highest BCUT2D eigenvalue weighted by molar-refractivity contribution is 9.10. The van der Waals surface area contributed by atoms with Crippen molar-refractivity contribution >= 4 is 27.5 Å². The molecule has 0 aliphatic carbocycles. The first-order chi connectivity index (χ1) is 10.1. The summed E-state index contributed by atoms with van der Waals surface area (Å²) in [6.45, 7) is 0.132. The van der Waals surface area contributed by atoms with E-state index in [1.54, 1.807) is 12.1 Å². The van der Waals surface area contributed by atoms with Crippen molar-refractivity contribution in [3.05, 3.63) is 63.9 Å². The van der Waals surface area contributed by atoms with E-state index >= 15 is 0 Å². The molecule has 0 aromatic heterocycles. The smallest absolute Gasteiger partial charge is 0.256 e. The fourth-order valence-electron chi connectivity index (χ4n) is 1.97. The van der Waals surface area contributed by atoms with Crippen molar-refractivity contribution in [2.24, 2.45) is 0 Å². The molecule has 5 heteroatoms.